The predicted octanol–water partition coefficient (Wildman–Crippen LogP) is 7.37. The van der Waals surface area contributed by atoms with Crippen LogP contribution in [0.4, 0.5) is 0 Å². The highest BCUT2D eigenvalue weighted by molar-refractivity contribution is 5.76. The highest BCUT2D eigenvalue weighted by Gasteiger charge is 2.49. The van der Waals surface area contributed by atoms with E-state index in [0.29, 0.717) is 11.8 Å². The lowest BCUT2D eigenvalue weighted by Crippen LogP contribution is -2.41. The van der Waals surface area contributed by atoms with Crippen LogP contribution < -0.4 is 0 Å². The van der Waals surface area contributed by atoms with Crippen molar-refractivity contribution >= 4 is 5.57 Å². The Morgan fingerprint density at radius 1 is 0.964 bits per heavy atom. The summed E-state index contributed by atoms with van der Waals surface area (Å²) in [6.45, 7) is 2.30. The van der Waals surface area contributed by atoms with Gasteiger partial charge in [0, 0.05) is 17.3 Å². The Morgan fingerprint density at radius 2 is 1.75 bits per heavy atom. The summed E-state index contributed by atoms with van der Waals surface area (Å²) in [5.41, 5.74) is 7.94. The summed E-state index contributed by atoms with van der Waals surface area (Å²) < 4.78 is 0. The molecule has 2 aromatic rings. The summed E-state index contributed by atoms with van der Waals surface area (Å²) in [7, 11) is 0. The van der Waals surface area contributed by atoms with Gasteiger partial charge in [0.05, 0.1) is 0 Å². The van der Waals surface area contributed by atoms with Crippen LogP contribution in [0.2, 0.25) is 0 Å². The molecule has 0 bridgehead atoms. The summed E-state index contributed by atoms with van der Waals surface area (Å²) in [5, 5.41) is 0. The minimum atomic E-state index is 0.141. The zero-order chi connectivity index (χ0) is 19.0. The average Bonchev–Trinajstić information content (AvgIpc) is 3.41. The molecule has 0 heterocycles. The number of rotatable bonds is 5. The molecule has 0 N–H and O–H groups in total. The van der Waals surface area contributed by atoms with E-state index < -0.39 is 0 Å². The molecule has 0 saturated heterocycles. The first-order valence-electron chi connectivity index (χ1n) is 11.1. The number of benzene rings is 2. The van der Waals surface area contributed by atoms with Gasteiger partial charge in [0.2, 0.25) is 0 Å². The van der Waals surface area contributed by atoms with E-state index in [4.69, 9.17) is 0 Å². The number of fused-ring (bicyclic) bond motifs is 2. The van der Waals surface area contributed by atoms with Crippen molar-refractivity contribution in [1.82, 2.24) is 0 Å². The van der Waals surface area contributed by atoms with Gasteiger partial charge in [0.15, 0.2) is 0 Å². The maximum absolute atomic E-state index is 2.66. The van der Waals surface area contributed by atoms with Crippen LogP contribution in [0, 0.1) is 5.92 Å². The molecule has 0 radical (unpaired) electrons. The maximum atomic E-state index is 2.66. The minimum Gasteiger partial charge on any atom is -0.0767 e. The number of aryl methyl sites for hydroxylation is 1. The molecular weight excluding hydrogens is 336 g/mol. The monoisotopic (exact) mass is 366 g/mol. The van der Waals surface area contributed by atoms with Crippen LogP contribution in [0.15, 0.2) is 78.9 Å². The van der Waals surface area contributed by atoms with Gasteiger partial charge in [0.25, 0.3) is 0 Å². The highest BCUT2D eigenvalue weighted by Crippen LogP contribution is 2.57. The fourth-order valence-electron chi connectivity index (χ4n) is 6.00. The SMILES string of the molecule is CCCCC1=CC(C2(C3C=CC=C3)CCCc3ccccc32)c2ccccc21. The second-order valence-electron chi connectivity index (χ2n) is 8.71. The fourth-order valence-corrected chi connectivity index (χ4v) is 6.00. The van der Waals surface area contributed by atoms with Gasteiger partial charge in [-0.05, 0) is 59.9 Å². The molecule has 142 valence electrons. The normalized spacial score (nSPS) is 25.6. The molecule has 0 saturated carbocycles. The van der Waals surface area contributed by atoms with Crippen LogP contribution in [-0.4, -0.2) is 0 Å². The molecule has 5 rings (SSSR count). The molecule has 0 heteroatoms. The van der Waals surface area contributed by atoms with Gasteiger partial charge in [0.1, 0.15) is 0 Å². The van der Waals surface area contributed by atoms with E-state index in [-0.39, 0.29) is 5.41 Å². The molecule has 0 aromatic heterocycles. The van der Waals surface area contributed by atoms with E-state index in [1.807, 2.05) is 0 Å². The maximum Gasteiger partial charge on any atom is 0.0157 e. The molecule has 2 atom stereocenters. The van der Waals surface area contributed by atoms with Crippen LogP contribution in [0.1, 0.15) is 67.2 Å². The standard InChI is InChI=1S/C28H30/c1-2-3-11-22-20-27(25-17-8-7-16-24(22)25)28(23-14-5-6-15-23)19-10-13-21-12-4-9-18-26(21)28/h4-9,12,14-18,20,23,27H,2-3,10-11,13,19H2,1H3. The van der Waals surface area contributed by atoms with Crippen molar-refractivity contribution in [2.75, 3.05) is 0 Å². The Labute approximate surface area is 169 Å². The van der Waals surface area contributed by atoms with Gasteiger partial charge in [-0.15, -0.1) is 0 Å². The van der Waals surface area contributed by atoms with Crippen molar-refractivity contribution in [2.24, 2.45) is 5.92 Å². The lowest BCUT2D eigenvalue weighted by molar-refractivity contribution is 0.280. The molecule has 0 fully saturated rings. The van der Waals surface area contributed by atoms with E-state index >= 15 is 0 Å². The van der Waals surface area contributed by atoms with Gasteiger partial charge in [-0.3, -0.25) is 0 Å². The molecule has 2 unspecified atom stereocenters. The second kappa shape index (κ2) is 7.24. The molecule has 0 amide bonds. The molecule has 0 aliphatic heterocycles. The van der Waals surface area contributed by atoms with Gasteiger partial charge < -0.3 is 0 Å². The van der Waals surface area contributed by atoms with E-state index in [9.17, 15) is 0 Å². The first-order valence-corrected chi connectivity index (χ1v) is 11.1. The van der Waals surface area contributed by atoms with Crippen LogP contribution in [0.25, 0.3) is 5.57 Å². The Bertz CT molecular complexity index is 946. The molecule has 3 aliphatic rings. The van der Waals surface area contributed by atoms with Crippen molar-refractivity contribution in [3.8, 4) is 0 Å². The van der Waals surface area contributed by atoms with Gasteiger partial charge in [-0.1, -0.05) is 92.3 Å². The first kappa shape index (κ1) is 17.7. The lowest BCUT2D eigenvalue weighted by atomic mass is 9.56. The lowest BCUT2D eigenvalue weighted by Gasteiger charge is -2.47. The molecule has 28 heavy (non-hydrogen) atoms. The van der Waals surface area contributed by atoms with E-state index in [1.54, 1.807) is 22.3 Å². The van der Waals surface area contributed by atoms with Crippen LogP contribution >= 0.6 is 0 Å². The largest absolute Gasteiger partial charge is 0.0767 e. The Kier molecular flexibility index (Phi) is 4.59. The Hall–Kier alpha value is -2.34. The summed E-state index contributed by atoms with van der Waals surface area (Å²) in [5.74, 6) is 0.947. The summed E-state index contributed by atoms with van der Waals surface area (Å²) >= 11 is 0. The number of allylic oxidation sites excluding steroid dienone is 6. The third-order valence-corrected chi connectivity index (χ3v) is 7.26. The van der Waals surface area contributed by atoms with Crippen LogP contribution in [0.3, 0.4) is 0 Å². The number of hydrogen-bond donors (Lipinski definition) is 0. The van der Waals surface area contributed by atoms with Crippen molar-refractivity contribution in [3.05, 3.63) is 101 Å². The Balaban J connectivity index is 1.71. The van der Waals surface area contributed by atoms with Gasteiger partial charge >= 0.3 is 0 Å². The zero-order valence-electron chi connectivity index (χ0n) is 16.9. The zero-order valence-corrected chi connectivity index (χ0v) is 16.9. The molecule has 3 aliphatic carbocycles. The highest BCUT2D eigenvalue weighted by atomic mass is 14.5. The Morgan fingerprint density at radius 3 is 2.61 bits per heavy atom. The summed E-state index contributed by atoms with van der Waals surface area (Å²) in [4.78, 5) is 0. The first-order chi connectivity index (χ1) is 13.8. The fraction of sp³-hybridized carbons (Fsp3) is 0.357. The van der Waals surface area contributed by atoms with Crippen molar-refractivity contribution in [3.63, 3.8) is 0 Å². The van der Waals surface area contributed by atoms with Gasteiger partial charge in [-0.25, -0.2) is 0 Å². The van der Waals surface area contributed by atoms with E-state index in [0.717, 1.165) is 0 Å². The van der Waals surface area contributed by atoms with Gasteiger partial charge in [-0.2, -0.15) is 0 Å². The third kappa shape index (κ3) is 2.65. The predicted molar refractivity (Wildman–Crippen MR) is 120 cm³/mol. The second-order valence-corrected chi connectivity index (χ2v) is 8.71. The molecule has 2 aromatic carbocycles. The van der Waals surface area contributed by atoms with Crippen molar-refractivity contribution < 1.29 is 0 Å². The summed E-state index contributed by atoms with van der Waals surface area (Å²) in [6, 6.07) is 18.5. The van der Waals surface area contributed by atoms with Crippen molar-refractivity contribution in [1.29, 1.82) is 0 Å². The number of unbranched alkanes of at least 4 members (excludes halogenated alkanes) is 1. The topological polar surface area (TPSA) is 0 Å². The molecule has 0 spiro atoms. The third-order valence-electron chi connectivity index (χ3n) is 7.26. The average molecular weight is 367 g/mol. The molecule has 0 nitrogen and oxygen atoms in total. The quantitative estimate of drug-likeness (QED) is 0.518. The van der Waals surface area contributed by atoms with Crippen LogP contribution in [-0.2, 0) is 11.8 Å². The molecular formula is C28H30. The number of hydrogen-bond acceptors (Lipinski definition) is 0. The van der Waals surface area contributed by atoms with E-state index in [1.165, 1.54) is 44.1 Å². The van der Waals surface area contributed by atoms with Crippen molar-refractivity contribution in [2.45, 2.75) is 56.8 Å². The van der Waals surface area contributed by atoms with Crippen LogP contribution in [0.5, 0.6) is 0 Å². The minimum absolute atomic E-state index is 0.141. The smallest absolute Gasteiger partial charge is 0.0157 e. The summed E-state index contributed by atoms with van der Waals surface area (Å²) in [6.07, 6.45) is 19.6. The van der Waals surface area contributed by atoms with E-state index in [2.05, 4.69) is 85.8 Å².